The number of rotatable bonds is 6. The molecule has 18 heavy (non-hydrogen) atoms. The lowest BCUT2D eigenvalue weighted by atomic mass is 10.3. The number of anilines is 1. The van der Waals surface area contributed by atoms with Crippen LogP contribution >= 0.6 is 0 Å². The van der Waals surface area contributed by atoms with E-state index < -0.39 is 15.8 Å². The van der Waals surface area contributed by atoms with E-state index in [-0.39, 0.29) is 23.2 Å². The Morgan fingerprint density at radius 2 is 2.17 bits per heavy atom. The summed E-state index contributed by atoms with van der Waals surface area (Å²) >= 11 is 0. The van der Waals surface area contributed by atoms with Crippen molar-refractivity contribution in [1.29, 1.82) is 0 Å². The highest BCUT2D eigenvalue weighted by molar-refractivity contribution is 7.89. The topological polar surface area (TPSA) is 81.4 Å². The third-order valence-electron chi connectivity index (χ3n) is 2.45. The Labute approximate surface area is 106 Å². The van der Waals surface area contributed by atoms with Gasteiger partial charge in [-0.3, -0.25) is 0 Å². The zero-order valence-electron chi connectivity index (χ0n) is 10.3. The molecule has 3 N–H and O–H groups in total. The summed E-state index contributed by atoms with van der Waals surface area (Å²) in [5.41, 5.74) is 5.56. The van der Waals surface area contributed by atoms with Crippen LogP contribution in [0.25, 0.3) is 0 Å². The second-order valence-corrected chi connectivity index (χ2v) is 5.55. The summed E-state index contributed by atoms with van der Waals surface area (Å²) in [6, 6.07) is 2.86. The van der Waals surface area contributed by atoms with Gasteiger partial charge in [0.2, 0.25) is 10.0 Å². The van der Waals surface area contributed by atoms with Crippen molar-refractivity contribution in [3.63, 3.8) is 0 Å². The van der Waals surface area contributed by atoms with E-state index in [0.717, 1.165) is 12.1 Å². The molecule has 1 rings (SSSR count). The van der Waals surface area contributed by atoms with Gasteiger partial charge in [-0.2, -0.15) is 0 Å². The van der Waals surface area contributed by atoms with Crippen LogP contribution in [0.2, 0.25) is 0 Å². The molecular weight excluding hydrogens is 259 g/mol. The predicted octanol–water partition coefficient (Wildman–Crippen LogP) is 1.11. The Morgan fingerprint density at radius 3 is 2.72 bits per heavy atom. The number of benzene rings is 1. The summed E-state index contributed by atoms with van der Waals surface area (Å²) in [7, 11) is -2.36. The van der Waals surface area contributed by atoms with Gasteiger partial charge < -0.3 is 10.5 Å². The zero-order valence-corrected chi connectivity index (χ0v) is 11.1. The van der Waals surface area contributed by atoms with Crippen LogP contribution in [0.15, 0.2) is 23.1 Å². The Bertz CT molecular complexity index is 505. The van der Waals surface area contributed by atoms with Crippen molar-refractivity contribution in [2.75, 3.05) is 19.5 Å². The molecule has 1 aromatic rings. The third kappa shape index (κ3) is 3.66. The molecule has 1 aromatic carbocycles. The molecule has 0 bridgehead atoms. The summed E-state index contributed by atoms with van der Waals surface area (Å²) in [4.78, 5) is -0.253. The first-order valence-corrected chi connectivity index (χ1v) is 6.95. The van der Waals surface area contributed by atoms with E-state index in [2.05, 4.69) is 4.72 Å². The summed E-state index contributed by atoms with van der Waals surface area (Å²) in [6.45, 7) is 2.06. The monoisotopic (exact) mass is 276 g/mol. The van der Waals surface area contributed by atoms with Crippen molar-refractivity contribution in [1.82, 2.24) is 4.72 Å². The summed E-state index contributed by atoms with van der Waals surface area (Å²) in [5, 5.41) is 0. The minimum Gasteiger partial charge on any atom is -0.398 e. The van der Waals surface area contributed by atoms with Crippen LogP contribution in [0.3, 0.4) is 0 Å². The molecule has 1 atom stereocenters. The van der Waals surface area contributed by atoms with Crippen LogP contribution in [-0.4, -0.2) is 28.2 Å². The lowest BCUT2D eigenvalue weighted by Crippen LogP contribution is -2.37. The van der Waals surface area contributed by atoms with Crippen molar-refractivity contribution in [2.45, 2.75) is 24.3 Å². The van der Waals surface area contributed by atoms with E-state index in [0.29, 0.717) is 6.42 Å². The van der Waals surface area contributed by atoms with Crippen molar-refractivity contribution < 1.29 is 17.5 Å². The number of methoxy groups -OCH3 is 1. The highest BCUT2D eigenvalue weighted by Crippen LogP contribution is 2.19. The number of nitrogens with one attached hydrogen (secondary N) is 1. The van der Waals surface area contributed by atoms with Gasteiger partial charge in [-0.05, 0) is 24.6 Å². The van der Waals surface area contributed by atoms with Crippen LogP contribution in [0.1, 0.15) is 13.3 Å². The first-order chi connectivity index (χ1) is 8.40. The maximum atomic E-state index is 13.1. The number of hydrogen-bond acceptors (Lipinski definition) is 4. The SMILES string of the molecule is CCC(COC)NS(=O)(=O)c1cc(F)ccc1N. The summed E-state index contributed by atoms with van der Waals surface area (Å²) < 4.78 is 44.5. The predicted molar refractivity (Wildman–Crippen MR) is 67.1 cm³/mol. The lowest BCUT2D eigenvalue weighted by molar-refractivity contribution is 0.173. The number of ether oxygens (including phenoxy) is 1. The van der Waals surface area contributed by atoms with Crippen LogP contribution in [-0.2, 0) is 14.8 Å². The smallest absolute Gasteiger partial charge is 0.243 e. The molecule has 1 unspecified atom stereocenters. The minimum atomic E-state index is -3.84. The van der Waals surface area contributed by atoms with Gasteiger partial charge in [0, 0.05) is 13.2 Å². The molecule has 0 amide bonds. The number of sulfonamides is 1. The van der Waals surface area contributed by atoms with Crippen molar-refractivity contribution in [2.24, 2.45) is 0 Å². The van der Waals surface area contributed by atoms with Gasteiger partial charge in [0.25, 0.3) is 0 Å². The summed E-state index contributed by atoms with van der Waals surface area (Å²) in [5.74, 6) is -0.649. The lowest BCUT2D eigenvalue weighted by Gasteiger charge is -2.16. The number of nitrogen functional groups attached to an aromatic ring is 1. The van der Waals surface area contributed by atoms with E-state index in [1.54, 1.807) is 0 Å². The number of halogens is 1. The van der Waals surface area contributed by atoms with Crippen LogP contribution in [0.4, 0.5) is 10.1 Å². The Morgan fingerprint density at radius 1 is 1.50 bits per heavy atom. The average molecular weight is 276 g/mol. The molecule has 0 heterocycles. The molecule has 0 aromatic heterocycles. The normalized spacial score (nSPS) is 13.5. The van der Waals surface area contributed by atoms with E-state index in [4.69, 9.17) is 10.5 Å². The Hall–Kier alpha value is -1.18. The quantitative estimate of drug-likeness (QED) is 0.763. The van der Waals surface area contributed by atoms with Gasteiger partial charge in [0.05, 0.1) is 12.3 Å². The molecule has 0 saturated carbocycles. The molecule has 0 fully saturated rings. The third-order valence-corrected chi connectivity index (χ3v) is 4.02. The van der Waals surface area contributed by atoms with Gasteiger partial charge in [-0.1, -0.05) is 6.92 Å². The van der Waals surface area contributed by atoms with Gasteiger partial charge in [0.15, 0.2) is 0 Å². The van der Waals surface area contributed by atoms with Crippen LogP contribution in [0.5, 0.6) is 0 Å². The van der Waals surface area contributed by atoms with Crippen molar-refractivity contribution in [3.05, 3.63) is 24.0 Å². The Balaban J connectivity index is 3.02. The first-order valence-electron chi connectivity index (χ1n) is 5.47. The summed E-state index contributed by atoms with van der Waals surface area (Å²) in [6.07, 6.45) is 0.558. The largest absolute Gasteiger partial charge is 0.398 e. The second kappa shape index (κ2) is 6.12. The standard InChI is InChI=1S/C11H17FN2O3S/c1-3-9(7-17-2)14-18(15,16)11-6-8(12)4-5-10(11)13/h4-6,9,14H,3,7,13H2,1-2H3. The molecular formula is C11H17FN2O3S. The van der Waals surface area contributed by atoms with Crippen LogP contribution < -0.4 is 10.5 Å². The minimum absolute atomic E-state index is 0.0103. The fourth-order valence-electron chi connectivity index (χ4n) is 1.46. The molecule has 0 aliphatic rings. The van der Waals surface area contributed by atoms with Gasteiger partial charge >= 0.3 is 0 Å². The number of nitrogens with two attached hydrogens (primary N) is 1. The highest BCUT2D eigenvalue weighted by atomic mass is 32.2. The fraction of sp³-hybridized carbons (Fsp3) is 0.455. The van der Waals surface area contributed by atoms with Gasteiger partial charge in [-0.25, -0.2) is 17.5 Å². The molecule has 0 aliphatic heterocycles. The second-order valence-electron chi connectivity index (χ2n) is 3.86. The molecule has 102 valence electrons. The van der Waals surface area contributed by atoms with Crippen molar-refractivity contribution in [3.8, 4) is 0 Å². The molecule has 0 saturated heterocycles. The molecule has 7 heteroatoms. The molecule has 0 radical (unpaired) electrons. The van der Waals surface area contributed by atoms with E-state index in [1.807, 2.05) is 6.92 Å². The number of hydrogen-bond donors (Lipinski definition) is 2. The first kappa shape index (κ1) is 14.9. The highest BCUT2D eigenvalue weighted by Gasteiger charge is 2.21. The van der Waals surface area contributed by atoms with E-state index in [1.165, 1.54) is 13.2 Å². The zero-order chi connectivity index (χ0) is 13.8. The van der Waals surface area contributed by atoms with Gasteiger partial charge in [0.1, 0.15) is 10.7 Å². The van der Waals surface area contributed by atoms with Crippen LogP contribution in [0, 0.1) is 5.82 Å². The van der Waals surface area contributed by atoms with Crippen molar-refractivity contribution >= 4 is 15.7 Å². The fourth-order valence-corrected chi connectivity index (χ4v) is 2.91. The Kier molecular flexibility index (Phi) is 5.06. The van der Waals surface area contributed by atoms with E-state index in [9.17, 15) is 12.8 Å². The average Bonchev–Trinajstić information content (AvgIpc) is 2.31. The van der Waals surface area contributed by atoms with E-state index >= 15 is 0 Å². The maximum Gasteiger partial charge on any atom is 0.243 e. The molecule has 0 aliphatic carbocycles. The molecule has 0 spiro atoms. The molecule has 5 nitrogen and oxygen atoms in total. The maximum absolute atomic E-state index is 13.1. The van der Waals surface area contributed by atoms with Gasteiger partial charge in [-0.15, -0.1) is 0 Å².